The number of carboxylic acids is 1. The summed E-state index contributed by atoms with van der Waals surface area (Å²) in [5.74, 6) is -0.903. The first-order chi connectivity index (χ1) is 10.2. The Balaban J connectivity index is 2.47. The van der Waals surface area contributed by atoms with Gasteiger partial charge >= 0.3 is 5.97 Å². The number of rotatable bonds is 4. The molecule has 0 aliphatic carbocycles. The molecule has 2 rings (SSSR count). The number of nitrogens with zero attached hydrogens (tertiary/aromatic N) is 3. The summed E-state index contributed by atoms with van der Waals surface area (Å²) in [6, 6.07) is 0.0191. The Kier molecular flexibility index (Phi) is 4.92. The first kappa shape index (κ1) is 17.0. The zero-order chi connectivity index (χ0) is 16.5. The zero-order valence-electron chi connectivity index (χ0n) is 14.2. The molecule has 0 radical (unpaired) electrons. The van der Waals surface area contributed by atoms with Gasteiger partial charge in [0.1, 0.15) is 0 Å². The van der Waals surface area contributed by atoms with Gasteiger partial charge in [-0.3, -0.25) is 9.58 Å². The number of ether oxygens (including phenoxy) is 1. The molecule has 0 bridgehead atoms. The number of morpholine rings is 1. The Morgan fingerprint density at radius 1 is 1.32 bits per heavy atom. The molecule has 0 aromatic carbocycles. The summed E-state index contributed by atoms with van der Waals surface area (Å²) in [6.07, 6.45) is 0. The lowest BCUT2D eigenvalue weighted by Crippen LogP contribution is -2.36. The SMILES string of the molecule is CC(C)n1nc(CN2CCOCC2)c(C(C)(C)C)c1C(=O)O. The van der Waals surface area contributed by atoms with E-state index in [9.17, 15) is 9.90 Å². The van der Waals surface area contributed by atoms with Crippen LogP contribution in [0.2, 0.25) is 0 Å². The second-order valence-electron chi connectivity index (χ2n) is 7.15. The van der Waals surface area contributed by atoms with Crippen molar-refractivity contribution in [2.75, 3.05) is 26.3 Å². The number of carboxylic acid groups (broad SMARTS) is 1. The van der Waals surface area contributed by atoms with Gasteiger partial charge in [-0.25, -0.2) is 4.79 Å². The van der Waals surface area contributed by atoms with Crippen LogP contribution in [0.15, 0.2) is 0 Å². The van der Waals surface area contributed by atoms with Crippen molar-refractivity contribution < 1.29 is 14.6 Å². The first-order valence-electron chi connectivity index (χ1n) is 7.87. The minimum atomic E-state index is -0.903. The molecule has 0 amide bonds. The Labute approximate surface area is 132 Å². The molecule has 1 aliphatic rings. The molecule has 0 saturated carbocycles. The lowest BCUT2D eigenvalue weighted by atomic mass is 9.84. The second-order valence-corrected chi connectivity index (χ2v) is 7.15. The summed E-state index contributed by atoms with van der Waals surface area (Å²) in [5, 5.41) is 14.3. The Morgan fingerprint density at radius 2 is 1.91 bits per heavy atom. The van der Waals surface area contributed by atoms with Crippen molar-refractivity contribution in [3.05, 3.63) is 17.0 Å². The fourth-order valence-corrected chi connectivity index (χ4v) is 2.93. The quantitative estimate of drug-likeness (QED) is 0.924. The van der Waals surface area contributed by atoms with Crippen molar-refractivity contribution in [1.29, 1.82) is 0 Å². The second kappa shape index (κ2) is 6.38. The highest BCUT2D eigenvalue weighted by Crippen LogP contribution is 2.31. The average molecular weight is 309 g/mol. The van der Waals surface area contributed by atoms with Crippen molar-refractivity contribution in [2.24, 2.45) is 0 Å². The Hall–Kier alpha value is -1.40. The van der Waals surface area contributed by atoms with E-state index in [2.05, 4.69) is 10.00 Å². The van der Waals surface area contributed by atoms with Crippen molar-refractivity contribution >= 4 is 5.97 Å². The van der Waals surface area contributed by atoms with Crippen LogP contribution in [0, 0.1) is 0 Å². The normalized spacial score (nSPS) is 17.2. The maximum atomic E-state index is 11.8. The third-order valence-corrected chi connectivity index (χ3v) is 3.90. The molecule has 1 fully saturated rings. The van der Waals surface area contributed by atoms with E-state index in [1.807, 2.05) is 34.6 Å². The summed E-state index contributed by atoms with van der Waals surface area (Å²) < 4.78 is 7.03. The molecule has 1 saturated heterocycles. The highest BCUT2D eigenvalue weighted by atomic mass is 16.5. The van der Waals surface area contributed by atoms with E-state index in [-0.39, 0.29) is 11.5 Å². The van der Waals surface area contributed by atoms with Crippen LogP contribution in [0.5, 0.6) is 0 Å². The van der Waals surface area contributed by atoms with Crippen molar-refractivity contribution in [2.45, 2.75) is 52.6 Å². The standard InChI is InChI=1S/C16H27N3O3/c1-11(2)19-14(15(20)21)13(16(3,4)5)12(17-19)10-18-6-8-22-9-7-18/h11H,6-10H2,1-5H3,(H,20,21). The molecule has 0 spiro atoms. The van der Waals surface area contributed by atoms with E-state index in [0.29, 0.717) is 12.2 Å². The van der Waals surface area contributed by atoms with Gasteiger partial charge < -0.3 is 9.84 Å². The molecular formula is C16H27N3O3. The highest BCUT2D eigenvalue weighted by Gasteiger charge is 2.32. The molecule has 1 N–H and O–H groups in total. The molecule has 0 unspecified atom stereocenters. The summed E-state index contributed by atoms with van der Waals surface area (Å²) in [7, 11) is 0. The van der Waals surface area contributed by atoms with Gasteiger partial charge in [0.25, 0.3) is 0 Å². The highest BCUT2D eigenvalue weighted by molar-refractivity contribution is 5.88. The van der Waals surface area contributed by atoms with Gasteiger partial charge in [0.05, 0.1) is 18.9 Å². The largest absolute Gasteiger partial charge is 0.477 e. The maximum Gasteiger partial charge on any atom is 0.354 e. The van der Waals surface area contributed by atoms with Gasteiger partial charge in [-0.05, 0) is 19.3 Å². The molecule has 22 heavy (non-hydrogen) atoms. The molecule has 2 heterocycles. The van der Waals surface area contributed by atoms with E-state index >= 15 is 0 Å². The number of aromatic nitrogens is 2. The summed E-state index contributed by atoms with van der Waals surface area (Å²) in [5.41, 5.74) is 1.79. The Morgan fingerprint density at radius 3 is 2.36 bits per heavy atom. The number of carbonyl (C=O) groups is 1. The average Bonchev–Trinajstić information content (AvgIpc) is 2.79. The monoisotopic (exact) mass is 309 g/mol. The van der Waals surface area contributed by atoms with Crippen LogP contribution in [0.25, 0.3) is 0 Å². The zero-order valence-corrected chi connectivity index (χ0v) is 14.2. The van der Waals surface area contributed by atoms with Crippen LogP contribution in [-0.4, -0.2) is 52.1 Å². The van der Waals surface area contributed by atoms with Gasteiger partial charge in [-0.15, -0.1) is 0 Å². The van der Waals surface area contributed by atoms with E-state index < -0.39 is 5.97 Å². The van der Waals surface area contributed by atoms with Gasteiger partial charge in [-0.1, -0.05) is 20.8 Å². The fourth-order valence-electron chi connectivity index (χ4n) is 2.93. The van der Waals surface area contributed by atoms with Crippen LogP contribution in [0.4, 0.5) is 0 Å². The molecule has 124 valence electrons. The van der Waals surface area contributed by atoms with Crippen LogP contribution in [0.1, 0.15) is 62.4 Å². The third-order valence-electron chi connectivity index (χ3n) is 3.90. The van der Waals surface area contributed by atoms with Crippen LogP contribution >= 0.6 is 0 Å². The molecule has 6 nitrogen and oxygen atoms in total. The minimum absolute atomic E-state index is 0.0191. The summed E-state index contributed by atoms with van der Waals surface area (Å²) >= 11 is 0. The Bertz CT molecular complexity index is 538. The molecular weight excluding hydrogens is 282 g/mol. The third kappa shape index (κ3) is 3.50. The van der Waals surface area contributed by atoms with Crippen LogP contribution < -0.4 is 0 Å². The van der Waals surface area contributed by atoms with E-state index in [1.165, 1.54) is 0 Å². The molecule has 0 atom stereocenters. The first-order valence-corrected chi connectivity index (χ1v) is 7.87. The van der Waals surface area contributed by atoms with Crippen LogP contribution in [-0.2, 0) is 16.7 Å². The van der Waals surface area contributed by atoms with Gasteiger partial charge in [0.15, 0.2) is 5.69 Å². The fraction of sp³-hybridized carbons (Fsp3) is 0.750. The lowest BCUT2D eigenvalue weighted by Gasteiger charge is -2.27. The predicted octanol–water partition coefficient (Wildman–Crippen LogP) is 2.29. The number of aromatic carboxylic acids is 1. The molecule has 1 aromatic rings. The molecule has 6 heteroatoms. The van der Waals surface area contributed by atoms with Gasteiger partial charge in [0, 0.05) is 31.2 Å². The predicted molar refractivity (Wildman–Crippen MR) is 84.4 cm³/mol. The maximum absolute atomic E-state index is 11.8. The van der Waals surface area contributed by atoms with Crippen molar-refractivity contribution in [3.8, 4) is 0 Å². The number of hydrogen-bond acceptors (Lipinski definition) is 4. The summed E-state index contributed by atoms with van der Waals surface area (Å²) in [6.45, 7) is 13.9. The van der Waals surface area contributed by atoms with E-state index in [0.717, 1.165) is 37.6 Å². The molecule has 1 aromatic heterocycles. The van der Waals surface area contributed by atoms with E-state index in [1.54, 1.807) is 4.68 Å². The van der Waals surface area contributed by atoms with Crippen LogP contribution in [0.3, 0.4) is 0 Å². The summed E-state index contributed by atoms with van der Waals surface area (Å²) in [4.78, 5) is 14.1. The van der Waals surface area contributed by atoms with Gasteiger partial charge in [0.2, 0.25) is 0 Å². The lowest BCUT2D eigenvalue weighted by molar-refractivity contribution is 0.0333. The topological polar surface area (TPSA) is 67.6 Å². The number of hydrogen-bond donors (Lipinski definition) is 1. The van der Waals surface area contributed by atoms with Crippen molar-refractivity contribution in [3.63, 3.8) is 0 Å². The minimum Gasteiger partial charge on any atom is -0.477 e. The molecule has 1 aliphatic heterocycles. The van der Waals surface area contributed by atoms with E-state index in [4.69, 9.17) is 4.74 Å². The van der Waals surface area contributed by atoms with Gasteiger partial charge in [-0.2, -0.15) is 5.10 Å². The van der Waals surface area contributed by atoms with Crippen molar-refractivity contribution in [1.82, 2.24) is 14.7 Å². The smallest absolute Gasteiger partial charge is 0.354 e.